The first-order chi connectivity index (χ1) is 6.20. The van der Waals surface area contributed by atoms with Crippen molar-refractivity contribution in [1.82, 2.24) is 0 Å². The molecule has 1 fully saturated rings. The van der Waals surface area contributed by atoms with Crippen LogP contribution >= 0.6 is 11.6 Å². The molecule has 2 nitrogen and oxygen atoms in total. The van der Waals surface area contributed by atoms with Crippen molar-refractivity contribution in [2.24, 2.45) is 0 Å². The van der Waals surface area contributed by atoms with E-state index in [-0.39, 0.29) is 0 Å². The van der Waals surface area contributed by atoms with Gasteiger partial charge in [-0.3, -0.25) is 0 Å². The van der Waals surface area contributed by atoms with E-state index in [2.05, 4.69) is 0 Å². The molecule has 0 saturated heterocycles. The van der Waals surface area contributed by atoms with Crippen molar-refractivity contribution >= 4 is 11.6 Å². The Morgan fingerprint density at radius 1 is 1.31 bits per heavy atom. The number of aliphatic hydroxyl groups is 2. The lowest BCUT2D eigenvalue weighted by Crippen LogP contribution is -2.00. The fourth-order valence-corrected chi connectivity index (χ4v) is 1.86. The Hall–Kier alpha value is -0.570. The van der Waals surface area contributed by atoms with Crippen LogP contribution in [0.25, 0.3) is 0 Å². The van der Waals surface area contributed by atoms with Gasteiger partial charge >= 0.3 is 0 Å². The van der Waals surface area contributed by atoms with Crippen LogP contribution in [-0.2, 0) is 0 Å². The van der Waals surface area contributed by atoms with Crippen LogP contribution < -0.4 is 0 Å². The van der Waals surface area contributed by atoms with Crippen LogP contribution in [0, 0.1) is 0 Å². The molecule has 0 unspecified atom stereocenters. The van der Waals surface area contributed by atoms with Gasteiger partial charge in [0, 0.05) is 10.6 Å². The first-order valence-corrected chi connectivity index (χ1v) is 4.72. The van der Waals surface area contributed by atoms with Crippen molar-refractivity contribution in [1.29, 1.82) is 0 Å². The molecule has 0 amide bonds. The molecule has 0 aromatic heterocycles. The lowest BCUT2D eigenvalue weighted by Gasteiger charge is -2.11. The summed E-state index contributed by atoms with van der Waals surface area (Å²) in [6.45, 7) is 0. The summed E-state index contributed by atoms with van der Waals surface area (Å²) in [5.74, 6) is 0.482. The minimum absolute atomic E-state index is 0.444. The summed E-state index contributed by atoms with van der Waals surface area (Å²) in [7, 11) is 0. The van der Waals surface area contributed by atoms with Gasteiger partial charge < -0.3 is 10.2 Å². The molecule has 0 spiro atoms. The fraction of sp³-hybridized carbons (Fsp3) is 0.400. The molecular formula is C10H11ClO2. The van der Waals surface area contributed by atoms with Gasteiger partial charge in [-0.25, -0.2) is 0 Å². The number of rotatable bonds is 2. The number of benzene rings is 1. The highest BCUT2D eigenvalue weighted by atomic mass is 35.5. The average molecular weight is 199 g/mol. The van der Waals surface area contributed by atoms with Gasteiger partial charge in [0.1, 0.15) is 0 Å². The lowest BCUT2D eigenvalue weighted by atomic mass is 10.0. The Morgan fingerprint density at radius 3 is 2.54 bits per heavy atom. The quantitative estimate of drug-likeness (QED) is 0.716. The van der Waals surface area contributed by atoms with E-state index in [4.69, 9.17) is 21.8 Å². The van der Waals surface area contributed by atoms with Crippen LogP contribution in [0.4, 0.5) is 0 Å². The predicted octanol–water partition coefficient (Wildman–Crippen LogP) is 2.20. The minimum Gasteiger partial charge on any atom is -0.364 e. The third-order valence-corrected chi connectivity index (χ3v) is 2.69. The van der Waals surface area contributed by atoms with Gasteiger partial charge in [0.2, 0.25) is 0 Å². The van der Waals surface area contributed by atoms with Crippen LogP contribution in [0.1, 0.15) is 36.2 Å². The van der Waals surface area contributed by atoms with E-state index >= 15 is 0 Å². The summed E-state index contributed by atoms with van der Waals surface area (Å²) >= 11 is 5.88. The van der Waals surface area contributed by atoms with E-state index in [0.717, 1.165) is 18.4 Å². The molecule has 1 aromatic rings. The molecule has 13 heavy (non-hydrogen) atoms. The zero-order chi connectivity index (χ0) is 9.42. The van der Waals surface area contributed by atoms with Gasteiger partial charge in [-0.05, 0) is 30.4 Å². The van der Waals surface area contributed by atoms with E-state index in [1.165, 1.54) is 0 Å². The number of hydrogen-bond acceptors (Lipinski definition) is 2. The monoisotopic (exact) mass is 198 g/mol. The molecule has 0 bridgehead atoms. The fourth-order valence-electron chi connectivity index (χ4n) is 1.58. The lowest BCUT2D eigenvalue weighted by molar-refractivity contribution is -0.0430. The third kappa shape index (κ3) is 1.70. The van der Waals surface area contributed by atoms with Crippen LogP contribution in [0.3, 0.4) is 0 Å². The maximum atomic E-state index is 9.13. The SMILES string of the molecule is OC(O)c1c(Cl)cccc1C1CC1. The molecule has 1 aliphatic rings. The van der Waals surface area contributed by atoms with Crippen molar-refractivity contribution in [2.75, 3.05) is 0 Å². The van der Waals surface area contributed by atoms with E-state index < -0.39 is 6.29 Å². The second-order valence-electron chi connectivity index (χ2n) is 3.39. The summed E-state index contributed by atoms with van der Waals surface area (Å²) in [5.41, 5.74) is 1.47. The van der Waals surface area contributed by atoms with Crippen molar-refractivity contribution in [3.05, 3.63) is 34.3 Å². The normalized spacial score (nSPS) is 16.6. The van der Waals surface area contributed by atoms with Crippen molar-refractivity contribution in [3.8, 4) is 0 Å². The summed E-state index contributed by atoms with van der Waals surface area (Å²) in [6.07, 6.45) is 0.796. The maximum absolute atomic E-state index is 9.13. The number of aliphatic hydroxyl groups excluding tert-OH is 1. The summed E-state index contributed by atoms with van der Waals surface area (Å²) in [5, 5.41) is 18.7. The van der Waals surface area contributed by atoms with Gasteiger partial charge in [-0.15, -0.1) is 0 Å². The van der Waals surface area contributed by atoms with Crippen LogP contribution in [0.2, 0.25) is 5.02 Å². The molecule has 2 N–H and O–H groups in total. The maximum Gasteiger partial charge on any atom is 0.180 e. The topological polar surface area (TPSA) is 40.5 Å². The summed E-state index contributed by atoms with van der Waals surface area (Å²) in [6, 6.07) is 5.45. The van der Waals surface area contributed by atoms with E-state index in [1.54, 1.807) is 6.07 Å². The first-order valence-electron chi connectivity index (χ1n) is 4.34. The van der Waals surface area contributed by atoms with Gasteiger partial charge in [-0.1, -0.05) is 23.7 Å². The van der Waals surface area contributed by atoms with Crippen molar-refractivity contribution in [2.45, 2.75) is 25.0 Å². The largest absolute Gasteiger partial charge is 0.364 e. The van der Waals surface area contributed by atoms with Crippen molar-refractivity contribution < 1.29 is 10.2 Å². The Bertz CT molecular complexity index is 319. The number of hydrogen-bond donors (Lipinski definition) is 2. The first kappa shape index (κ1) is 9.00. The standard InChI is InChI=1S/C10H11ClO2/c11-8-3-1-2-7(6-4-5-6)9(8)10(12)13/h1-3,6,10,12-13H,4-5H2. The van der Waals surface area contributed by atoms with Crippen LogP contribution in [0.15, 0.2) is 18.2 Å². The van der Waals surface area contributed by atoms with E-state index in [0.29, 0.717) is 16.5 Å². The highest BCUT2D eigenvalue weighted by Crippen LogP contribution is 2.44. The molecule has 1 aromatic carbocycles. The smallest absolute Gasteiger partial charge is 0.180 e. The van der Waals surface area contributed by atoms with E-state index in [1.807, 2.05) is 12.1 Å². The zero-order valence-corrected chi connectivity index (χ0v) is 7.83. The summed E-state index contributed by atoms with van der Waals surface area (Å²) < 4.78 is 0. The Kier molecular flexibility index (Phi) is 2.28. The molecule has 0 radical (unpaired) electrons. The highest BCUT2D eigenvalue weighted by molar-refractivity contribution is 6.31. The second-order valence-corrected chi connectivity index (χ2v) is 3.80. The average Bonchev–Trinajstić information content (AvgIpc) is 2.85. The van der Waals surface area contributed by atoms with Gasteiger partial charge in [0.05, 0.1) is 0 Å². The summed E-state index contributed by atoms with van der Waals surface area (Å²) in [4.78, 5) is 0. The Labute approximate surface area is 81.8 Å². The molecule has 1 aliphatic carbocycles. The molecule has 1 saturated carbocycles. The molecule has 2 rings (SSSR count). The molecule has 0 heterocycles. The molecule has 0 aliphatic heterocycles. The molecule has 70 valence electrons. The Balaban J connectivity index is 2.47. The van der Waals surface area contributed by atoms with E-state index in [9.17, 15) is 0 Å². The van der Waals surface area contributed by atoms with Gasteiger partial charge in [-0.2, -0.15) is 0 Å². The third-order valence-electron chi connectivity index (χ3n) is 2.36. The van der Waals surface area contributed by atoms with Crippen molar-refractivity contribution in [3.63, 3.8) is 0 Å². The molecular weight excluding hydrogens is 188 g/mol. The predicted molar refractivity (Wildman–Crippen MR) is 50.6 cm³/mol. The highest BCUT2D eigenvalue weighted by Gasteiger charge is 2.28. The molecule has 3 heteroatoms. The van der Waals surface area contributed by atoms with Gasteiger partial charge in [0.15, 0.2) is 6.29 Å². The molecule has 0 atom stereocenters. The Morgan fingerprint density at radius 2 is 2.00 bits per heavy atom. The van der Waals surface area contributed by atoms with Gasteiger partial charge in [0.25, 0.3) is 0 Å². The zero-order valence-electron chi connectivity index (χ0n) is 7.07. The van der Waals surface area contributed by atoms with Crippen LogP contribution in [0.5, 0.6) is 0 Å². The van der Waals surface area contributed by atoms with Crippen LogP contribution in [-0.4, -0.2) is 10.2 Å². The number of halogens is 1. The second kappa shape index (κ2) is 3.29. The minimum atomic E-state index is -1.45.